The van der Waals surface area contributed by atoms with Gasteiger partial charge in [0.25, 0.3) is 5.91 Å². The summed E-state index contributed by atoms with van der Waals surface area (Å²) in [7, 11) is 1.62. The molecule has 0 fully saturated rings. The van der Waals surface area contributed by atoms with Gasteiger partial charge < -0.3 is 15.4 Å². The van der Waals surface area contributed by atoms with E-state index in [4.69, 9.17) is 4.74 Å². The molecule has 2 aromatic carbocycles. The lowest BCUT2D eigenvalue weighted by Crippen LogP contribution is -2.26. The van der Waals surface area contributed by atoms with Crippen LogP contribution in [0.25, 0.3) is 0 Å². The van der Waals surface area contributed by atoms with E-state index in [9.17, 15) is 9.18 Å². The van der Waals surface area contributed by atoms with Gasteiger partial charge in [-0.2, -0.15) is 0 Å². The van der Waals surface area contributed by atoms with Crippen molar-refractivity contribution in [2.75, 3.05) is 19.0 Å². The molecule has 6 nitrogen and oxygen atoms in total. The van der Waals surface area contributed by atoms with Gasteiger partial charge in [0.1, 0.15) is 17.3 Å². The minimum absolute atomic E-state index is 0.245. The van der Waals surface area contributed by atoms with Crippen molar-refractivity contribution >= 4 is 17.5 Å². The van der Waals surface area contributed by atoms with Gasteiger partial charge in [0.15, 0.2) is 0 Å². The van der Waals surface area contributed by atoms with Crippen molar-refractivity contribution < 1.29 is 13.9 Å². The van der Waals surface area contributed by atoms with Crippen LogP contribution in [0.4, 0.5) is 16.0 Å². The standard InChI is InChI=1S/C20H19FN4O2/c1-27-18-5-3-2-4-14(18)10-12-22-19(26)17-11-13-23-20(25-17)24-16-8-6-15(21)7-9-16/h2-9,11,13H,10,12H2,1H3,(H,22,26)(H,23,24,25). The predicted octanol–water partition coefficient (Wildman–Crippen LogP) is 3.34. The number of halogens is 1. The molecule has 1 amide bonds. The Morgan fingerprint density at radius 3 is 2.67 bits per heavy atom. The molecular weight excluding hydrogens is 347 g/mol. The van der Waals surface area contributed by atoms with Crippen LogP contribution in [-0.4, -0.2) is 29.5 Å². The number of nitrogens with one attached hydrogen (secondary N) is 2. The molecule has 3 aromatic rings. The topological polar surface area (TPSA) is 76.1 Å². The van der Waals surface area contributed by atoms with Crippen LogP contribution in [0.1, 0.15) is 16.1 Å². The Bertz CT molecular complexity index is 916. The van der Waals surface area contributed by atoms with Crippen LogP contribution in [0, 0.1) is 5.82 Å². The molecule has 27 heavy (non-hydrogen) atoms. The fourth-order valence-electron chi connectivity index (χ4n) is 2.52. The van der Waals surface area contributed by atoms with Gasteiger partial charge in [-0.05, 0) is 48.4 Å². The monoisotopic (exact) mass is 366 g/mol. The number of anilines is 2. The van der Waals surface area contributed by atoms with Gasteiger partial charge >= 0.3 is 0 Å². The number of aromatic nitrogens is 2. The van der Waals surface area contributed by atoms with Gasteiger partial charge in [-0.3, -0.25) is 4.79 Å². The Morgan fingerprint density at radius 2 is 1.89 bits per heavy atom. The highest BCUT2D eigenvalue weighted by atomic mass is 19.1. The minimum Gasteiger partial charge on any atom is -0.496 e. The zero-order valence-corrected chi connectivity index (χ0v) is 14.8. The predicted molar refractivity (Wildman–Crippen MR) is 101 cm³/mol. The number of para-hydroxylation sites is 1. The average Bonchev–Trinajstić information content (AvgIpc) is 2.70. The van der Waals surface area contributed by atoms with Crippen LogP contribution in [0.5, 0.6) is 5.75 Å². The second-order valence-corrected chi connectivity index (χ2v) is 5.72. The molecule has 7 heteroatoms. The van der Waals surface area contributed by atoms with E-state index < -0.39 is 0 Å². The first kappa shape index (κ1) is 18.3. The minimum atomic E-state index is -0.329. The van der Waals surface area contributed by atoms with Crippen molar-refractivity contribution in [1.82, 2.24) is 15.3 Å². The van der Waals surface area contributed by atoms with Crippen LogP contribution in [0.15, 0.2) is 60.8 Å². The SMILES string of the molecule is COc1ccccc1CCNC(=O)c1ccnc(Nc2ccc(F)cc2)n1. The molecule has 1 heterocycles. The Balaban J connectivity index is 1.59. The Kier molecular flexibility index (Phi) is 5.94. The van der Waals surface area contributed by atoms with E-state index in [1.807, 2.05) is 24.3 Å². The largest absolute Gasteiger partial charge is 0.496 e. The molecule has 1 aromatic heterocycles. The summed E-state index contributed by atoms with van der Waals surface area (Å²) in [6, 6.07) is 15.0. The fraction of sp³-hybridized carbons (Fsp3) is 0.150. The number of rotatable bonds is 7. The van der Waals surface area contributed by atoms with Gasteiger partial charge in [0.2, 0.25) is 5.95 Å². The molecule has 0 aliphatic carbocycles. The summed E-state index contributed by atoms with van der Waals surface area (Å²) in [5.74, 6) is 0.428. The highest BCUT2D eigenvalue weighted by Crippen LogP contribution is 2.17. The number of carbonyl (C=O) groups is 1. The number of hydrogen-bond donors (Lipinski definition) is 2. The third kappa shape index (κ3) is 5.01. The number of benzene rings is 2. The molecule has 0 aliphatic heterocycles. The summed E-state index contributed by atoms with van der Waals surface area (Å²) >= 11 is 0. The lowest BCUT2D eigenvalue weighted by molar-refractivity contribution is 0.0949. The average molecular weight is 366 g/mol. The molecule has 0 aliphatic rings. The quantitative estimate of drug-likeness (QED) is 0.671. The Labute approximate surface area is 156 Å². The van der Waals surface area contributed by atoms with Gasteiger partial charge in [0, 0.05) is 18.4 Å². The summed E-state index contributed by atoms with van der Waals surface area (Å²) in [5.41, 5.74) is 1.89. The van der Waals surface area contributed by atoms with E-state index in [1.54, 1.807) is 19.2 Å². The second-order valence-electron chi connectivity index (χ2n) is 5.72. The Morgan fingerprint density at radius 1 is 1.11 bits per heavy atom. The Hall–Kier alpha value is -3.48. The van der Waals surface area contributed by atoms with Crippen LogP contribution >= 0.6 is 0 Å². The normalized spacial score (nSPS) is 10.3. The smallest absolute Gasteiger partial charge is 0.270 e. The molecule has 0 atom stereocenters. The fourth-order valence-corrected chi connectivity index (χ4v) is 2.52. The van der Waals surface area contributed by atoms with Crippen LogP contribution in [0.2, 0.25) is 0 Å². The summed E-state index contributed by atoms with van der Waals surface area (Å²) < 4.78 is 18.3. The highest BCUT2D eigenvalue weighted by Gasteiger charge is 2.09. The first-order valence-electron chi connectivity index (χ1n) is 8.41. The van der Waals surface area contributed by atoms with E-state index in [0.29, 0.717) is 18.7 Å². The molecule has 0 bridgehead atoms. The lowest BCUT2D eigenvalue weighted by Gasteiger charge is -2.09. The molecule has 0 unspecified atom stereocenters. The maximum atomic E-state index is 13.0. The lowest BCUT2D eigenvalue weighted by atomic mass is 10.1. The van der Waals surface area contributed by atoms with Crippen molar-refractivity contribution in [2.45, 2.75) is 6.42 Å². The first-order valence-corrected chi connectivity index (χ1v) is 8.41. The zero-order valence-electron chi connectivity index (χ0n) is 14.8. The van der Waals surface area contributed by atoms with Crippen molar-refractivity contribution in [1.29, 1.82) is 0 Å². The third-order valence-corrected chi connectivity index (χ3v) is 3.86. The molecule has 138 valence electrons. The van der Waals surface area contributed by atoms with Gasteiger partial charge in [-0.15, -0.1) is 0 Å². The van der Waals surface area contributed by atoms with Crippen LogP contribution < -0.4 is 15.4 Å². The summed E-state index contributed by atoms with van der Waals surface area (Å²) in [5, 5.41) is 5.77. The van der Waals surface area contributed by atoms with Crippen molar-refractivity contribution in [3.05, 3.63) is 77.9 Å². The number of ether oxygens (including phenoxy) is 1. The summed E-state index contributed by atoms with van der Waals surface area (Å²) in [6.07, 6.45) is 2.13. The molecule has 3 rings (SSSR count). The zero-order chi connectivity index (χ0) is 19.1. The first-order chi connectivity index (χ1) is 13.2. The van der Waals surface area contributed by atoms with Crippen molar-refractivity contribution in [3.8, 4) is 5.75 Å². The highest BCUT2D eigenvalue weighted by molar-refractivity contribution is 5.92. The molecule has 0 saturated carbocycles. The maximum absolute atomic E-state index is 13.0. The van der Waals surface area contributed by atoms with E-state index in [0.717, 1.165) is 11.3 Å². The molecule has 2 N–H and O–H groups in total. The maximum Gasteiger partial charge on any atom is 0.270 e. The number of amides is 1. The van der Waals surface area contributed by atoms with Crippen LogP contribution in [0.3, 0.4) is 0 Å². The van der Waals surface area contributed by atoms with E-state index in [2.05, 4.69) is 20.6 Å². The van der Waals surface area contributed by atoms with Gasteiger partial charge in [0.05, 0.1) is 7.11 Å². The molecule has 0 radical (unpaired) electrons. The van der Waals surface area contributed by atoms with Crippen molar-refractivity contribution in [2.24, 2.45) is 0 Å². The number of hydrogen-bond acceptors (Lipinski definition) is 5. The summed E-state index contributed by atoms with van der Waals surface area (Å²) in [4.78, 5) is 20.6. The van der Waals surface area contributed by atoms with E-state index in [-0.39, 0.29) is 23.4 Å². The van der Waals surface area contributed by atoms with Gasteiger partial charge in [-0.1, -0.05) is 18.2 Å². The summed E-state index contributed by atoms with van der Waals surface area (Å²) in [6.45, 7) is 0.448. The van der Waals surface area contributed by atoms with Crippen molar-refractivity contribution in [3.63, 3.8) is 0 Å². The van der Waals surface area contributed by atoms with Crippen LogP contribution in [-0.2, 0) is 6.42 Å². The second kappa shape index (κ2) is 8.75. The molecule has 0 spiro atoms. The number of methoxy groups -OCH3 is 1. The van der Waals surface area contributed by atoms with E-state index >= 15 is 0 Å². The molecule has 0 saturated heterocycles. The third-order valence-electron chi connectivity index (χ3n) is 3.86. The van der Waals surface area contributed by atoms with E-state index in [1.165, 1.54) is 24.4 Å². The molecular formula is C20H19FN4O2. The van der Waals surface area contributed by atoms with Gasteiger partial charge in [-0.25, -0.2) is 14.4 Å². The number of carbonyl (C=O) groups excluding carboxylic acids is 1. The number of nitrogens with zero attached hydrogens (tertiary/aromatic N) is 2.